The summed E-state index contributed by atoms with van der Waals surface area (Å²) in [5.41, 5.74) is 2.72. The van der Waals surface area contributed by atoms with Gasteiger partial charge in [0.05, 0.1) is 27.8 Å². The van der Waals surface area contributed by atoms with Crippen molar-refractivity contribution in [2.75, 3.05) is 7.05 Å². The average molecular weight is 548 g/mol. The standard InChI is InChI=1S/C26H18BrN3O4S/c1-30-24(31)23(35-26(30)29-21-9-6-16(7-10-21)25(32)33)13-19-12-20(27)8-11-22(19)34-15-18-5-3-2-4-17(18)14-28/h2-13H,15H2,1H3,(H,32,33)/b23-13-,29-26?. The van der Waals surface area contributed by atoms with Crippen molar-refractivity contribution in [2.24, 2.45) is 4.99 Å². The minimum atomic E-state index is -1.01. The summed E-state index contributed by atoms with van der Waals surface area (Å²) in [4.78, 5) is 30.4. The van der Waals surface area contributed by atoms with Gasteiger partial charge in [0.1, 0.15) is 12.4 Å². The highest BCUT2D eigenvalue weighted by Gasteiger charge is 2.30. The average Bonchev–Trinajstić information content (AvgIpc) is 3.11. The van der Waals surface area contributed by atoms with Gasteiger partial charge >= 0.3 is 5.97 Å². The largest absolute Gasteiger partial charge is 0.488 e. The third-order valence-electron chi connectivity index (χ3n) is 5.12. The lowest BCUT2D eigenvalue weighted by molar-refractivity contribution is -0.121. The highest BCUT2D eigenvalue weighted by Crippen LogP contribution is 2.35. The monoisotopic (exact) mass is 547 g/mol. The van der Waals surface area contributed by atoms with E-state index in [0.717, 1.165) is 10.0 Å². The molecule has 0 radical (unpaired) electrons. The minimum Gasteiger partial charge on any atom is -0.488 e. The van der Waals surface area contributed by atoms with Gasteiger partial charge < -0.3 is 9.84 Å². The number of thioether (sulfide) groups is 1. The zero-order valence-corrected chi connectivity index (χ0v) is 20.8. The summed E-state index contributed by atoms with van der Waals surface area (Å²) >= 11 is 4.69. The van der Waals surface area contributed by atoms with E-state index in [2.05, 4.69) is 27.0 Å². The molecular weight excluding hydrogens is 530 g/mol. The maximum atomic E-state index is 12.9. The first-order valence-corrected chi connectivity index (χ1v) is 12.0. The predicted octanol–water partition coefficient (Wildman–Crippen LogP) is 5.83. The predicted molar refractivity (Wildman–Crippen MR) is 138 cm³/mol. The molecule has 3 aromatic carbocycles. The molecule has 7 nitrogen and oxygen atoms in total. The van der Waals surface area contributed by atoms with Gasteiger partial charge in [0.2, 0.25) is 0 Å². The number of carboxylic acid groups (broad SMARTS) is 1. The number of carboxylic acids is 1. The topological polar surface area (TPSA) is 103 Å². The molecule has 1 saturated heterocycles. The lowest BCUT2D eigenvalue weighted by atomic mass is 10.1. The van der Waals surface area contributed by atoms with E-state index in [-0.39, 0.29) is 18.1 Å². The van der Waals surface area contributed by atoms with Gasteiger partial charge in [-0.25, -0.2) is 9.79 Å². The van der Waals surface area contributed by atoms with E-state index in [1.165, 1.54) is 28.8 Å². The Morgan fingerprint density at radius 1 is 1.20 bits per heavy atom. The number of carbonyl (C=O) groups excluding carboxylic acids is 1. The van der Waals surface area contributed by atoms with Gasteiger partial charge in [-0.1, -0.05) is 34.1 Å². The number of hydrogen-bond donors (Lipinski definition) is 1. The lowest BCUT2D eigenvalue weighted by Gasteiger charge is -2.11. The molecule has 1 amide bonds. The Bertz CT molecular complexity index is 1410. The maximum Gasteiger partial charge on any atom is 0.335 e. The molecule has 3 aromatic rings. The quantitative estimate of drug-likeness (QED) is 0.389. The van der Waals surface area contributed by atoms with Crippen LogP contribution in [0.25, 0.3) is 6.08 Å². The second kappa shape index (κ2) is 10.6. The first kappa shape index (κ1) is 24.3. The summed E-state index contributed by atoms with van der Waals surface area (Å²) in [7, 11) is 1.64. The molecule has 0 unspecified atom stereocenters. The summed E-state index contributed by atoms with van der Waals surface area (Å²) < 4.78 is 6.84. The molecule has 174 valence electrons. The summed E-state index contributed by atoms with van der Waals surface area (Å²) in [6, 6.07) is 21.0. The lowest BCUT2D eigenvalue weighted by Crippen LogP contribution is -2.23. The Morgan fingerprint density at radius 2 is 1.94 bits per heavy atom. The molecule has 0 aromatic heterocycles. The Labute approximate surface area is 214 Å². The number of nitriles is 1. The highest BCUT2D eigenvalue weighted by atomic mass is 79.9. The van der Waals surface area contributed by atoms with Crippen molar-refractivity contribution in [1.29, 1.82) is 5.26 Å². The minimum absolute atomic E-state index is 0.164. The first-order valence-electron chi connectivity index (χ1n) is 10.4. The normalized spacial score (nSPS) is 15.5. The molecule has 9 heteroatoms. The Balaban J connectivity index is 1.59. The van der Waals surface area contributed by atoms with Gasteiger partial charge in [-0.05, 0) is 66.4 Å². The number of aliphatic imine (C=N–C) groups is 1. The third-order valence-corrected chi connectivity index (χ3v) is 6.68. The van der Waals surface area contributed by atoms with Crippen LogP contribution in [-0.4, -0.2) is 34.1 Å². The molecule has 4 rings (SSSR count). The van der Waals surface area contributed by atoms with Crippen molar-refractivity contribution in [3.05, 3.63) is 98.4 Å². The fraction of sp³-hybridized carbons (Fsp3) is 0.0769. The molecule has 1 fully saturated rings. The van der Waals surface area contributed by atoms with Crippen LogP contribution in [0.5, 0.6) is 5.75 Å². The molecular formula is C26H18BrN3O4S. The van der Waals surface area contributed by atoms with E-state index >= 15 is 0 Å². The number of ether oxygens (including phenoxy) is 1. The fourth-order valence-electron chi connectivity index (χ4n) is 3.26. The Morgan fingerprint density at radius 3 is 2.66 bits per heavy atom. The number of halogens is 1. The van der Waals surface area contributed by atoms with Crippen LogP contribution >= 0.6 is 27.7 Å². The van der Waals surface area contributed by atoms with E-state index in [9.17, 15) is 14.9 Å². The highest BCUT2D eigenvalue weighted by molar-refractivity contribution is 9.10. The number of carbonyl (C=O) groups is 2. The van der Waals surface area contributed by atoms with Crippen molar-refractivity contribution in [3.63, 3.8) is 0 Å². The molecule has 1 aliphatic heterocycles. The van der Waals surface area contributed by atoms with Crippen molar-refractivity contribution in [1.82, 2.24) is 4.90 Å². The van der Waals surface area contributed by atoms with Crippen LogP contribution in [0.15, 0.2) is 81.1 Å². The molecule has 1 aliphatic rings. The molecule has 0 atom stereocenters. The number of amidine groups is 1. The number of likely N-dealkylation sites (N-methyl/N-ethyl adjacent to an activating group) is 1. The number of aromatic carboxylic acids is 1. The van der Waals surface area contributed by atoms with Gasteiger partial charge in [-0.3, -0.25) is 9.69 Å². The fourth-order valence-corrected chi connectivity index (χ4v) is 4.61. The van der Waals surface area contributed by atoms with Crippen LogP contribution in [0.3, 0.4) is 0 Å². The van der Waals surface area contributed by atoms with Crippen LogP contribution in [0.2, 0.25) is 0 Å². The van der Waals surface area contributed by atoms with Gasteiger partial charge in [-0.15, -0.1) is 0 Å². The second-order valence-electron chi connectivity index (χ2n) is 7.46. The molecule has 0 aliphatic carbocycles. The van der Waals surface area contributed by atoms with Crippen molar-refractivity contribution >= 4 is 56.5 Å². The van der Waals surface area contributed by atoms with Gasteiger partial charge in [0.25, 0.3) is 5.91 Å². The third kappa shape index (κ3) is 5.62. The van der Waals surface area contributed by atoms with Gasteiger partial charge in [-0.2, -0.15) is 5.26 Å². The van der Waals surface area contributed by atoms with E-state index < -0.39 is 5.97 Å². The molecule has 0 spiro atoms. The smallest absolute Gasteiger partial charge is 0.335 e. The van der Waals surface area contributed by atoms with E-state index in [4.69, 9.17) is 9.84 Å². The molecule has 1 N–H and O–H groups in total. The summed E-state index contributed by atoms with van der Waals surface area (Å²) in [6.45, 7) is 0.210. The number of benzene rings is 3. The van der Waals surface area contributed by atoms with Crippen LogP contribution < -0.4 is 4.74 Å². The second-order valence-corrected chi connectivity index (χ2v) is 9.39. The van der Waals surface area contributed by atoms with Crippen molar-refractivity contribution in [2.45, 2.75) is 6.61 Å². The Hall–Kier alpha value is -3.87. The van der Waals surface area contributed by atoms with E-state index in [0.29, 0.717) is 32.6 Å². The van der Waals surface area contributed by atoms with Crippen LogP contribution in [0.1, 0.15) is 27.0 Å². The molecule has 35 heavy (non-hydrogen) atoms. The first-order chi connectivity index (χ1) is 16.9. The molecule has 1 heterocycles. The van der Waals surface area contributed by atoms with E-state index in [1.54, 1.807) is 43.5 Å². The number of nitrogens with zero attached hydrogens (tertiary/aromatic N) is 3. The summed E-state index contributed by atoms with van der Waals surface area (Å²) in [5.74, 6) is -0.657. The van der Waals surface area contributed by atoms with Crippen LogP contribution in [0.4, 0.5) is 5.69 Å². The molecule has 0 saturated carbocycles. The van der Waals surface area contributed by atoms with Crippen LogP contribution in [0, 0.1) is 11.3 Å². The van der Waals surface area contributed by atoms with Gasteiger partial charge in [0, 0.05) is 22.6 Å². The van der Waals surface area contributed by atoms with E-state index in [1.807, 2.05) is 24.3 Å². The van der Waals surface area contributed by atoms with Crippen molar-refractivity contribution < 1.29 is 19.4 Å². The number of hydrogen-bond acceptors (Lipinski definition) is 6. The van der Waals surface area contributed by atoms with Crippen LogP contribution in [-0.2, 0) is 11.4 Å². The summed E-state index contributed by atoms with van der Waals surface area (Å²) in [5, 5.41) is 18.8. The van der Waals surface area contributed by atoms with Gasteiger partial charge in [0.15, 0.2) is 5.17 Å². The summed E-state index contributed by atoms with van der Waals surface area (Å²) in [6.07, 6.45) is 1.75. The molecule has 0 bridgehead atoms. The SMILES string of the molecule is CN1C(=O)/C(=C/c2cc(Br)ccc2OCc2ccccc2C#N)SC1=Nc1ccc(C(=O)O)cc1. The Kier molecular flexibility index (Phi) is 7.34. The van der Waals surface area contributed by atoms with Crippen molar-refractivity contribution in [3.8, 4) is 11.8 Å². The zero-order chi connectivity index (χ0) is 24.9. The number of rotatable bonds is 6. The number of amides is 1. The maximum absolute atomic E-state index is 12.9. The zero-order valence-electron chi connectivity index (χ0n) is 18.4.